The van der Waals surface area contributed by atoms with Crippen molar-refractivity contribution in [3.63, 3.8) is 0 Å². The molecule has 0 unspecified atom stereocenters. The second kappa shape index (κ2) is 7.32. The van der Waals surface area contributed by atoms with Crippen LogP contribution in [0.25, 0.3) is 0 Å². The number of rotatable bonds is 8. The first-order valence-electron chi connectivity index (χ1n) is 6.49. The summed E-state index contributed by atoms with van der Waals surface area (Å²) in [6, 6.07) is 5.30. The van der Waals surface area contributed by atoms with Crippen molar-refractivity contribution in [2.24, 2.45) is 5.14 Å². The van der Waals surface area contributed by atoms with Crippen molar-refractivity contribution in [1.82, 2.24) is 10.0 Å². The van der Waals surface area contributed by atoms with Gasteiger partial charge in [0.25, 0.3) is 0 Å². The molecule has 0 aliphatic rings. The molecule has 0 spiro atoms. The summed E-state index contributed by atoms with van der Waals surface area (Å²) in [7, 11) is -7.67. The molecule has 4 N–H and O–H groups in total. The van der Waals surface area contributed by atoms with E-state index < -0.39 is 20.0 Å². The standard InChI is InChI=1S/C12H21N3O4S2/c1-10(2)14-7-4-8-15-21(18,19)12-6-3-5-11(9-12)20(13,16)17/h3,5-6,9-10,14-15H,4,7-8H2,1-2H3,(H2,13,16,17). The lowest BCUT2D eigenvalue weighted by atomic mass is 10.3. The predicted molar refractivity (Wildman–Crippen MR) is 80.8 cm³/mol. The van der Waals surface area contributed by atoms with Gasteiger partial charge in [-0.05, 0) is 31.2 Å². The number of benzene rings is 1. The van der Waals surface area contributed by atoms with E-state index in [0.29, 0.717) is 19.0 Å². The van der Waals surface area contributed by atoms with Gasteiger partial charge in [0.05, 0.1) is 9.79 Å². The molecule has 1 aromatic carbocycles. The van der Waals surface area contributed by atoms with E-state index in [2.05, 4.69) is 10.0 Å². The van der Waals surface area contributed by atoms with Crippen LogP contribution < -0.4 is 15.2 Å². The summed E-state index contributed by atoms with van der Waals surface area (Å²) in [4.78, 5) is -0.349. The van der Waals surface area contributed by atoms with Crippen molar-refractivity contribution >= 4 is 20.0 Å². The highest BCUT2D eigenvalue weighted by Crippen LogP contribution is 2.14. The summed E-state index contributed by atoms with van der Waals surface area (Å²) in [6.45, 7) is 4.96. The molecule has 120 valence electrons. The van der Waals surface area contributed by atoms with Crippen LogP contribution in [0.1, 0.15) is 20.3 Å². The average molecular weight is 335 g/mol. The summed E-state index contributed by atoms with van der Waals surface area (Å²) in [5.41, 5.74) is 0. The highest BCUT2D eigenvalue weighted by molar-refractivity contribution is 7.90. The van der Waals surface area contributed by atoms with E-state index in [1.807, 2.05) is 13.8 Å². The molecule has 0 aromatic heterocycles. The molecule has 0 aliphatic heterocycles. The fourth-order valence-electron chi connectivity index (χ4n) is 1.59. The summed E-state index contributed by atoms with van der Waals surface area (Å²) in [5.74, 6) is 0. The Morgan fingerprint density at radius 1 is 1.10 bits per heavy atom. The van der Waals surface area contributed by atoms with Crippen LogP contribution >= 0.6 is 0 Å². The number of hydrogen-bond donors (Lipinski definition) is 3. The molecule has 0 saturated carbocycles. The van der Waals surface area contributed by atoms with Crippen molar-refractivity contribution in [1.29, 1.82) is 0 Å². The summed E-state index contributed by atoms with van der Waals surface area (Å²) in [5, 5.41) is 8.16. The second-order valence-corrected chi connectivity index (χ2v) is 8.21. The van der Waals surface area contributed by atoms with Crippen molar-refractivity contribution in [2.45, 2.75) is 36.1 Å². The van der Waals surface area contributed by atoms with Crippen LogP contribution in [0.4, 0.5) is 0 Å². The lowest BCUT2D eigenvalue weighted by molar-refractivity contribution is 0.554. The lowest BCUT2D eigenvalue weighted by Gasteiger charge is -2.10. The maximum atomic E-state index is 12.0. The van der Waals surface area contributed by atoms with Gasteiger partial charge in [-0.1, -0.05) is 19.9 Å². The summed E-state index contributed by atoms with van der Waals surface area (Å²) < 4.78 is 49.0. The number of nitrogens with one attached hydrogen (secondary N) is 2. The van der Waals surface area contributed by atoms with Crippen molar-refractivity contribution in [2.75, 3.05) is 13.1 Å². The first-order chi connectivity index (χ1) is 9.63. The van der Waals surface area contributed by atoms with E-state index in [1.165, 1.54) is 18.2 Å². The van der Waals surface area contributed by atoms with Crippen molar-refractivity contribution < 1.29 is 16.8 Å². The van der Waals surface area contributed by atoms with Gasteiger partial charge >= 0.3 is 0 Å². The van der Waals surface area contributed by atoms with Crippen molar-refractivity contribution in [3.05, 3.63) is 24.3 Å². The monoisotopic (exact) mass is 335 g/mol. The van der Waals surface area contributed by atoms with Gasteiger partial charge < -0.3 is 5.32 Å². The molecule has 1 aromatic rings. The van der Waals surface area contributed by atoms with Gasteiger partial charge in [-0.2, -0.15) is 0 Å². The van der Waals surface area contributed by atoms with Gasteiger partial charge in [0.15, 0.2) is 0 Å². The molecule has 0 atom stereocenters. The fourth-order valence-corrected chi connectivity index (χ4v) is 3.34. The second-order valence-electron chi connectivity index (χ2n) is 4.88. The van der Waals surface area contributed by atoms with E-state index in [0.717, 1.165) is 6.07 Å². The molecule has 0 amide bonds. The SMILES string of the molecule is CC(C)NCCCNS(=O)(=O)c1cccc(S(N)(=O)=O)c1. The molecular formula is C12H21N3O4S2. The summed E-state index contributed by atoms with van der Waals surface area (Å²) >= 11 is 0. The third-order valence-electron chi connectivity index (χ3n) is 2.64. The molecule has 0 bridgehead atoms. The average Bonchev–Trinajstić information content (AvgIpc) is 2.37. The topological polar surface area (TPSA) is 118 Å². The Kier molecular flexibility index (Phi) is 6.29. The maximum Gasteiger partial charge on any atom is 0.240 e. The van der Waals surface area contributed by atoms with Gasteiger partial charge in [0.1, 0.15) is 0 Å². The van der Waals surface area contributed by atoms with E-state index in [-0.39, 0.29) is 16.3 Å². The zero-order chi connectivity index (χ0) is 16.1. The molecular weight excluding hydrogens is 314 g/mol. The van der Waals surface area contributed by atoms with Gasteiger partial charge in [-0.15, -0.1) is 0 Å². The molecule has 0 fully saturated rings. The zero-order valence-electron chi connectivity index (χ0n) is 12.0. The van der Waals surface area contributed by atoms with Crippen LogP contribution in [0.5, 0.6) is 0 Å². The third kappa shape index (κ3) is 6.10. The van der Waals surface area contributed by atoms with Crippen LogP contribution in [0.2, 0.25) is 0 Å². The normalized spacial score (nSPS) is 12.8. The molecule has 21 heavy (non-hydrogen) atoms. The quantitative estimate of drug-likeness (QED) is 0.578. The number of sulfonamides is 2. The molecule has 0 radical (unpaired) electrons. The van der Waals surface area contributed by atoms with Gasteiger partial charge in [0.2, 0.25) is 20.0 Å². The number of hydrogen-bond acceptors (Lipinski definition) is 5. The van der Waals surface area contributed by atoms with Gasteiger partial charge in [-0.3, -0.25) is 0 Å². The Bertz CT molecular complexity index is 669. The fraction of sp³-hybridized carbons (Fsp3) is 0.500. The minimum Gasteiger partial charge on any atom is -0.314 e. The highest BCUT2D eigenvalue weighted by atomic mass is 32.2. The van der Waals surface area contributed by atoms with E-state index in [9.17, 15) is 16.8 Å². The van der Waals surface area contributed by atoms with E-state index in [4.69, 9.17) is 5.14 Å². The largest absolute Gasteiger partial charge is 0.314 e. The van der Waals surface area contributed by atoms with Crippen LogP contribution in [-0.4, -0.2) is 36.0 Å². The Hall–Kier alpha value is -1.00. The minimum absolute atomic E-state index is 0.120. The highest BCUT2D eigenvalue weighted by Gasteiger charge is 2.16. The first kappa shape index (κ1) is 18.1. The predicted octanol–water partition coefficient (Wildman–Crippen LogP) is 0.000400. The third-order valence-corrected chi connectivity index (χ3v) is 5.01. The maximum absolute atomic E-state index is 12.0. The molecule has 7 nitrogen and oxygen atoms in total. The molecule has 0 saturated heterocycles. The molecule has 1 rings (SSSR count). The number of nitrogens with two attached hydrogens (primary N) is 1. The van der Waals surface area contributed by atoms with E-state index in [1.54, 1.807) is 0 Å². The summed E-state index contributed by atoms with van der Waals surface area (Å²) in [6.07, 6.45) is 0.631. The van der Waals surface area contributed by atoms with Crippen LogP contribution in [0.15, 0.2) is 34.1 Å². The Labute approximate surface area is 126 Å². The minimum atomic E-state index is -3.93. The smallest absolute Gasteiger partial charge is 0.240 e. The van der Waals surface area contributed by atoms with Crippen LogP contribution in [0, 0.1) is 0 Å². The molecule has 0 aliphatic carbocycles. The van der Waals surface area contributed by atoms with Crippen LogP contribution in [-0.2, 0) is 20.0 Å². The van der Waals surface area contributed by atoms with Gasteiger partial charge in [0, 0.05) is 12.6 Å². The molecule has 9 heteroatoms. The molecule has 0 heterocycles. The first-order valence-corrected chi connectivity index (χ1v) is 9.52. The van der Waals surface area contributed by atoms with Crippen LogP contribution in [0.3, 0.4) is 0 Å². The van der Waals surface area contributed by atoms with E-state index >= 15 is 0 Å². The zero-order valence-corrected chi connectivity index (χ0v) is 13.7. The Balaban J connectivity index is 2.71. The Morgan fingerprint density at radius 2 is 1.71 bits per heavy atom. The lowest BCUT2D eigenvalue weighted by Crippen LogP contribution is -2.29. The van der Waals surface area contributed by atoms with Gasteiger partial charge in [-0.25, -0.2) is 26.7 Å². The number of primary sulfonamides is 1. The van der Waals surface area contributed by atoms with Crippen molar-refractivity contribution in [3.8, 4) is 0 Å². The Morgan fingerprint density at radius 3 is 2.29 bits per heavy atom.